The molecule has 3 rings (SSSR count). The van der Waals surface area contributed by atoms with E-state index in [-0.39, 0.29) is 5.82 Å². The highest BCUT2D eigenvalue weighted by Crippen LogP contribution is 2.30. The molecule has 0 saturated heterocycles. The molecule has 3 nitrogen and oxygen atoms in total. The van der Waals surface area contributed by atoms with Gasteiger partial charge in [0.1, 0.15) is 5.82 Å². The minimum atomic E-state index is -0.592. The van der Waals surface area contributed by atoms with Crippen molar-refractivity contribution in [3.8, 4) is 0 Å². The van der Waals surface area contributed by atoms with Gasteiger partial charge in [-0.3, -0.25) is 0 Å². The van der Waals surface area contributed by atoms with Crippen LogP contribution in [0, 0.1) is 5.82 Å². The number of aliphatic hydroxyl groups excluding tert-OH is 1. The third-order valence-electron chi connectivity index (χ3n) is 4.03. The van der Waals surface area contributed by atoms with Gasteiger partial charge in [-0.05, 0) is 35.2 Å². The van der Waals surface area contributed by atoms with Gasteiger partial charge in [0.05, 0.1) is 6.10 Å². The maximum atomic E-state index is 13.4. The second-order valence-electron chi connectivity index (χ2n) is 5.43. The summed E-state index contributed by atoms with van der Waals surface area (Å²) < 4.78 is 13.4. The second kappa shape index (κ2) is 5.84. The molecule has 0 radical (unpaired) electrons. The molecule has 110 valence electrons. The Labute approximate surface area is 123 Å². The maximum absolute atomic E-state index is 13.4. The number of fused-ring (bicyclic) bond motifs is 1. The summed E-state index contributed by atoms with van der Waals surface area (Å²) in [6.45, 7) is 1.78. The minimum Gasteiger partial charge on any atom is -0.387 e. The summed E-state index contributed by atoms with van der Waals surface area (Å²) in [4.78, 5) is 2.04. The molecule has 21 heavy (non-hydrogen) atoms. The highest BCUT2D eigenvalue weighted by Gasteiger charge is 2.22. The van der Waals surface area contributed by atoms with Gasteiger partial charge in [0, 0.05) is 25.3 Å². The topological polar surface area (TPSA) is 49.5 Å². The van der Waals surface area contributed by atoms with E-state index in [1.807, 2.05) is 35.2 Å². The zero-order chi connectivity index (χ0) is 14.8. The summed E-state index contributed by atoms with van der Waals surface area (Å²) in [5.74, 6) is -0.234. The molecule has 1 aliphatic rings. The quantitative estimate of drug-likeness (QED) is 0.907. The van der Waals surface area contributed by atoms with Crippen LogP contribution in [0.5, 0.6) is 0 Å². The molecule has 0 aromatic heterocycles. The zero-order valence-corrected chi connectivity index (χ0v) is 11.8. The standard InChI is InChI=1S/C17H19FN2O/c18-15-6-5-13-7-8-20(16(13)9-15)11-17(21)14-3-1-12(10-19)2-4-14/h1-6,9,17,21H,7-8,10-11,19H2. The minimum absolute atomic E-state index is 0.234. The number of rotatable bonds is 4. The van der Waals surface area contributed by atoms with E-state index in [1.54, 1.807) is 6.07 Å². The number of aliphatic hydroxyl groups is 1. The van der Waals surface area contributed by atoms with Crippen molar-refractivity contribution in [1.82, 2.24) is 0 Å². The first-order valence-electron chi connectivity index (χ1n) is 7.17. The van der Waals surface area contributed by atoms with Crippen LogP contribution in [-0.4, -0.2) is 18.2 Å². The Hall–Kier alpha value is -1.91. The summed E-state index contributed by atoms with van der Waals surface area (Å²) in [5, 5.41) is 10.4. The fourth-order valence-corrected chi connectivity index (χ4v) is 2.80. The molecule has 4 heteroatoms. The van der Waals surface area contributed by atoms with Crippen LogP contribution in [0.15, 0.2) is 42.5 Å². The lowest BCUT2D eigenvalue weighted by molar-refractivity contribution is 0.184. The van der Waals surface area contributed by atoms with E-state index in [4.69, 9.17) is 5.73 Å². The average Bonchev–Trinajstić information content (AvgIpc) is 2.89. The van der Waals surface area contributed by atoms with E-state index in [0.29, 0.717) is 13.1 Å². The fourth-order valence-electron chi connectivity index (χ4n) is 2.80. The van der Waals surface area contributed by atoms with Gasteiger partial charge in [0.15, 0.2) is 0 Å². The van der Waals surface area contributed by atoms with Crippen LogP contribution < -0.4 is 10.6 Å². The van der Waals surface area contributed by atoms with E-state index in [9.17, 15) is 9.50 Å². The van der Waals surface area contributed by atoms with Gasteiger partial charge in [0.2, 0.25) is 0 Å². The van der Waals surface area contributed by atoms with Crippen molar-refractivity contribution in [3.63, 3.8) is 0 Å². The molecule has 0 bridgehead atoms. The van der Waals surface area contributed by atoms with Gasteiger partial charge in [-0.1, -0.05) is 30.3 Å². The van der Waals surface area contributed by atoms with Crippen LogP contribution in [0.2, 0.25) is 0 Å². The highest BCUT2D eigenvalue weighted by atomic mass is 19.1. The Kier molecular flexibility index (Phi) is 3.90. The fraction of sp³-hybridized carbons (Fsp3) is 0.294. The summed E-state index contributed by atoms with van der Waals surface area (Å²) in [7, 11) is 0. The van der Waals surface area contributed by atoms with Gasteiger partial charge in [0.25, 0.3) is 0 Å². The molecule has 2 aromatic rings. The Morgan fingerprint density at radius 1 is 1.19 bits per heavy atom. The van der Waals surface area contributed by atoms with Crippen molar-refractivity contribution in [2.24, 2.45) is 5.73 Å². The van der Waals surface area contributed by atoms with Crippen molar-refractivity contribution in [2.75, 3.05) is 18.0 Å². The van der Waals surface area contributed by atoms with Gasteiger partial charge in [-0.15, -0.1) is 0 Å². The molecule has 2 aromatic carbocycles. The van der Waals surface area contributed by atoms with Crippen molar-refractivity contribution in [3.05, 3.63) is 65.0 Å². The van der Waals surface area contributed by atoms with Crippen molar-refractivity contribution in [1.29, 1.82) is 0 Å². The van der Waals surface area contributed by atoms with Crippen molar-refractivity contribution in [2.45, 2.75) is 19.1 Å². The molecular weight excluding hydrogens is 267 g/mol. The number of benzene rings is 2. The number of anilines is 1. The summed E-state index contributed by atoms with van der Waals surface area (Å²) in [6.07, 6.45) is 0.306. The Morgan fingerprint density at radius 2 is 1.95 bits per heavy atom. The highest BCUT2D eigenvalue weighted by molar-refractivity contribution is 5.58. The number of hydrogen-bond donors (Lipinski definition) is 2. The zero-order valence-electron chi connectivity index (χ0n) is 11.8. The molecule has 1 unspecified atom stereocenters. The van der Waals surface area contributed by atoms with E-state index in [1.165, 1.54) is 6.07 Å². The number of nitrogens with two attached hydrogens (primary N) is 1. The van der Waals surface area contributed by atoms with E-state index in [0.717, 1.165) is 35.3 Å². The first-order chi connectivity index (χ1) is 10.2. The van der Waals surface area contributed by atoms with Gasteiger partial charge in [-0.2, -0.15) is 0 Å². The lowest BCUT2D eigenvalue weighted by Gasteiger charge is -2.23. The van der Waals surface area contributed by atoms with Crippen LogP contribution >= 0.6 is 0 Å². The monoisotopic (exact) mass is 286 g/mol. The number of β-amino-alcohol motifs (C(OH)–C–C–N with tert-alkyl or cyclic N) is 1. The predicted octanol–water partition coefficient (Wildman–Crippen LogP) is 2.38. The molecule has 3 N–H and O–H groups in total. The largest absolute Gasteiger partial charge is 0.387 e. The smallest absolute Gasteiger partial charge is 0.125 e. The van der Waals surface area contributed by atoms with Crippen molar-refractivity contribution >= 4 is 5.69 Å². The van der Waals surface area contributed by atoms with Crippen LogP contribution in [-0.2, 0) is 13.0 Å². The number of nitrogens with zero attached hydrogens (tertiary/aromatic N) is 1. The summed E-state index contributed by atoms with van der Waals surface area (Å²) in [5.41, 5.74) is 9.51. The van der Waals surface area contributed by atoms with E-state index >= 15 is 0 Å². The molecule has 0 amide bonds. The molecule has 1 heterocycles. The molecule has 0 spiro atoms. The average molecular weight is 286 g/mol. The third kappa shape index (κ3) is 2.91. The Morgan fingerprint density at radius 3 is 2.67 bits per heavy atom. The number of hydrogen-bond acceptors (Lipinski definition) is 3. The second-order valence-corrected chi connectivity index (χ2v) is 5.43. The molecule has 1 aliphatic heterocycles. The normalized spacial score (nSPS) is 15.1. The lowest BCUT2D eigenvalue weighted by atomic mass is 10.1. The van der Waals surface area contributed by atoms with Gasteiger partial charge in [-0.25, -0.2) is 4.39 Å². The van der Waals surface area contributed by atoms with Crippen LogP contribution in [0.25, 0.3) is 0 Å². The van der Waals surface area contributed by atoms with Crippen LogP contribution in [0.4, 0.5) is 10.1 Å². The maximum Gasteiger partial charge on any atom is 0.125 e. The lowest BCUT2D eigenvalue weighted by Crippen LogP contribution is -2.26. The summed E-state index contributed by atoms with van der Waals surface area (Å²) in [6, 6.07) is 12.5. The van der Waals surface area contributed by atoms with Crippen LogP contribution in [0.3, 0.4) is 0 Å². The molecule has 0 saturated carbocycles. The molecule has 0 fully saturated rings. The summed E-state index contributed by atoms with van der Waals surface area (Å²) >= 11 is 0. The Balaban J connectivity index is 1.74. The number of halogens is 1. The first kappa shape index (κ1) is 14.0. The molecular formula is C17H19FN2O. The van der Waals surface area contributed by atoms with Crippen molar-refractivity contribution < 1.29 is 9.50 Å². The van der Waals surface area contributed by atoms with Gasteiger partial charge >= 0.3 is 0 Å². The first-order valence-corrected chi connectivity index (χ1v) is 7.17. The Bertz CT molecular complexity index is 627. The predicted molar refractivity (Wildman–Crippen MR) is 81.6 cm³/mol. The van der Waals surface area contributed by atoms with Crippen LogP contribution in [0.1, 0.15) is 22.8 Å². The van der Waals surface area contributed by atoms with Gasteiger partial charge < -0.3 is 15.7 Å². The van der Waals surface area contributed by atoms with E-state index < -0.39 is 6.10 Å². The third-order valence-corrected chi connectivity index (χ3v) is 4.03. The van der Waals surface area contributed by atoms with E-state index in [2.05, 4.69) is 0 Å². The molecule has 0 aliphatic carbocycles. The molecule has 1 atom stereocenters. The SMILES string of the molecule is NCc1ccc(C(O)CN2CCc3ccc(F)cc32)cc1.